The highest BCUT2D eigenvalue weighted by molar-refractivity contribution is 5.76. The first-order chi connectivity index (χ1) is 8.77. The van der Waals surface area contributed by atoms with E-state index < -0.39 is 0 Å². The third-order valence-electron chi connectivity index (χ3n) is 3.50. The van der Waals surface area contributed by atoms with E-state index in [1.54, 1.807) is 0 Å². The monoisotopic (exact) mass is 256 g/mol. The van der Waals surface area contributed by atoms with Crippen LogP contribution in [0.1, 0.15) is 51.9 Å². The molecule has 0 bridgehead atoms. The van der Waals surface area contributed by atoms with Gasteiger partial charge in [-0.2, -0.15) is 0 Å². The minimum absolute atomic E-state index is 0.0345. The second-order valence-electron chi connectivity index (χ2n) is 5.09. The van der Waals surface area contributed by atoms with E-state index >= 15 is 0 Å². The van der Waals surface area contributed by atoms with Gasteiger partial charge in [-0.15, -0.1) is 0 Å². The lowest BCUT2D eigenvalue weighted by Crippen LogP contribution is -2.48. The number of morpholine rings is 1. The maximum Gasteiger partial charge on any atom is 0.222 e. The molecule has 0 aromatic heterocycles. The van der Waals surface area contributed by atoms with E-state index in [-0.39, 0.29) is 12.0 Å². The van der Waals surface area contributed by atoms with Crippen molar-refractivity contribution in [2.24, 2.45) is 5.73 Å². The summed E-state index contributed by atoms with van der Waals surface area (Å²) in [5.41, 5.74) is 5.57. The fourth-order valence-corrected chi connectivity index (χ4v) is 2.30. The highest BCUT2D eigenvalue weighted by atomic mass is 16.5. The number of amides is 1. The Morgan fingerprint density at radius 2 is 2.00 bits per heavy atom. The molecule has 4 heteroatoms. The van der Waals surface area contributed by atoms with Crippen molar-refractivity contribution in [1.29, 1.82) is 0 Å². The molecular weight excluding hydrogens is 228 g/mol. The Balaban J connectivity index is 2.08. The fraction of sp³-hybridized carbons (Fsp3) is 0.929. The van der Waals surface area contributed by atoms with Gasteiger partial charge in [0.2, 0.25) is 5.91 Å². The van der Waals surface area contributed by atoms with Gasteiger partial charge in [-0.3, -0.25) is 4.79 Å². The van der Waals surface area contributed by atoms with Gasteiger partial charge in [0.25, 0.3) is 0 Å². The minimum atomic E-state index is 0.0345. The summed E-state index contributed by atoms with van der Waals surface area (Å²) in [7, 11) is 0. The summed E-state index contributed by atoms with van der Waals surface area (Å²) < 4.78 is 5.46. The third kappa shape index (κ3) is 5.83. The Hall–Kier alpha value is -0.610. The first-order valence-electron chi connectivity index (χ1n) is 7.37. The van der Waals surface area contributed by atoms with Gasteiger partial charge in [-0.1, -0.05) is 39.0 Å². The molecule has 106 valence electrons. The Morgan fingerprint density at radius 1 is 1.28 bits per heavy atom. The molecule has 1 saturated heterocycles. The van der Waals surface area contributed by atoms with Crippen LogP contribution in [0.25, 0.3) is 0 Å². The number of unbranched alkanes of at least 4 members (excludes halogenated alkanes) is 5. The van der Waals surface area contributed by atoms with Crippen LogP contribution >= 0.6 is 0 Å². The second kappa shape index (κ2) is 9.34. The number of nitrogens with zero attached hydrogens (tertiary/aromatic N) is 1. The van der Waals surface area contributed by atoms with Gasteiger partial charge in [0.15, 0.2) is 0 Å². The van der Waals surface area contributed by atoms with Crippen LogP contribution in [0.5, 0.6) is 0 Å². The van der Waals surface area contributed by atoms with E-state index in [1.165, 1.54) is 32.1 Å². The van der Waals surface area contributed by atoms with Crippen LogP contribution in [0.15, 0.2) is 0 Å². The summed E-state index contributed by atoms with van der Waals surface area (Å²) in [5.74, 6) is 0.271. The molecule has 0 aromatic rings. The molecule has 18 heavy (non-hydrogen) atoms. The Labute approximate surface area is 111 Å². The zero-order valence-corrected chi connectivity index (χ0v) is 11.7. The summed E-state index contributed by atoms with van der Waals surface area (Å²) >= 11 is 0. The van der Waals surface area contributed by atoms with Crippen molar-refractivity contribution < 1.29 is 9.53 Å². The van der Waals surface area contributed by atoms with Crippen molar-refractivity contribution in [2.45, 2.75) is 58.0 Å². The number of hydrogen-bond acceptors (Lipinski definition) is 3. The van der Waals surface area contributed by atoms with Gasteiger partial charge < -0.3 is 15.4 Å². The number of carbonyl (C=O) groups is 1. The highest BCUT2D eigenvalue weighted by Gasteiger charge is 2.22. The molecular formula is C14H28N2O2. The fourth-order valence-electron chi connectivity index (χ4n) is 2.30. The Kier molecular flexibility index (Phi) is 8.01. The number of carbonyl (C=O) groups excluding carboxylic acids is 1. The molecule has 0 saturated carbocycles. The van der Waals surface area contributed by atoms with Crippen LogP contribution < -0.4 is 5.73 Å². The van der Waals surface area contributed by atoms with E-state index in [0.717, 1.165) is 13.0 Å². The molecule has 0 radical (unpaired) electrons. The topological polar surface area (TPSA) is 55.6 Å². The summed E-state index contributed by atoms with van der Waals surface area (Å²) in [6, 6.07) is 0. The number of nitrogens with two attached hydrogens (primary N) is 1. The first-order valence-corrected chi connectivity index (χ1v) is 7.37. The van der Waals surface area contributed by atoms with E-state index in [9.17, 15) is 4.79 Å². The van der Waals surface area contributed by atoms with Crippen LogP contribution in [0.4, 0.5) is 0 Å². The van der Waals surface area contributed by atoms with Gasteiger partial charge in [-0.25, -0.2) is 0 Å². The average Bonchev–Trinajstić information content (AvgIpc) is 2.42. The molecule has 0 aliphatic carbocycles. The standard InChI is InChI=1S/C14H28N2O2/c1-2-3-4-5-6-7-8-14(17)16-9-10-18-13(11-15)12-16/h13H,2-12,15H2,1H3. The summed E-state index contributed by atoms with van der Waals surface area (Å²) in [5, 5.41) is 0. The van der Waals surface area contributed by atoms with Gasteiger partial charge in [0.1, 0.15) is 0 Å². The van der Waals surface area contributed by atoms with E-state index in [4.69, 9.17) is 10.5 Å². The van der Waals surface area contributed by atoms with Crippen LogP contribution in [-0.2, 0) is 9.53 Å². The lowest BCUT2D eigenvalue weighted by molar-refractivity contribution is -0.138. The van der Waals surface area contributed by atoms with Crippen molar-refractivity contribution in [3.63, 3.8) is 0 Å². The average molecular weight is 256 g/mol. The molecule has 1 amide bonds. The molecule has 1 atom stereocenters. The molecule has 1 aliphatic rings. The van der Waals surface area contributed by atoms with Crippen molar-refractivity contribution in [3.05, 3.63) is 0 Å². The van der Waals surface area contributed by atoms with Crippen LogP contribution in [0.2, 0.25) is 0 Å². The molecule has 2 N–H and O–H groups in total. The van der Waals surface area contributed by atoms with Crippen LogP contribution in [-0.4, -0.2) is 43.2 Å². The number of ether oxygens (including phenoxy) is 1. The normalized spacial score (nSPS) is 20.1. The van der Waals surface area contributed by atoms with Crippen molar-refractivity contribution in [1.82, 2.24) is 4.90 Å². The van der Waals surface area contributed by atoms with E-state index in [1.807, 2.05) is 4.90 Å². The quantitative estimate of drug-likeness (QED) is 0.675. The van der Waals surface area contributed by atoms with Crippen LogP contribution in [0, 0.1) is 0 Å². The molecule has 1 rings (SSSR count). The molecule has 0 aromatic carbocycles. The predicted octanol–water partition coefficient (Wildman–Crippen LogP) is 1.92. The summed E-state index contributed by atoms with van der Waals surface area (Å²) in [4.78, 5) is 13.9. The molecule has 1 aliphatic heterocycles. The van der Waals surface area contributed by atoms with Crippen molar-refractivity contribution in [3.8, 4) is 0 Å². The lowest BCUT2D eigenvalue weighted by atomic mass is 10.1. The van der Waals surface area contributed by atoms with Crippen molar-refractivity contribution in [2.75, 3.05) is 26.2 Å². The largest absolute Gasteiger partial charge is 0.373 e. The zero-order valence-electron chi connectivity index (χ0n) is 11.7. The maximum absolute atomic E-state index is 12.0. The summed E-state index contributed by atoms with van der Waals surface area (Å²) in [6.07, 6.45) is 8.07. The second-order valence-corrected chi connectivity index (χ2v) is 5.09. The Morgan fingerprint density at radius 3 is 2.72 bits per heavy atom. The predicted molar refractivity (Wildman–Crippen MR) is 73.4 cm³/mol. The minimum Gasteiger partial charge on any atom is -0.373 e. The van der Waals surface area contributed by atoms with E-state index in [0.29, 0.717) is 26.1 Å². The van der Waals surface area contributed by atoms with Crippen LogP contribution in [0.3, 0.4) is 0 Å². The Bertz CT molecular complexity index is 234. The lowest BCUT2D eigenvalue weighted by Gasteiger charge is -2.32. The van der Waals surface area contributed by atoms with Crippen molar-refractivity contribution >= 4 is 5.91 Å². The molecule has 1 fully saturated rings. The number of hydrogen-bond donors (Lipinski definition) is 1. The third-order valence-corrected chi connectivity index (χ3v) is 3.50. The number of rotatable bonds is 8. The smallest absolute Gasteiger partial charge is 0.222 e. The maximum atomic E-state index is 12.0. The molecule has 1 heterocycles. The van der Waals surface area contributed by atoms with Gasteiger partial charge in [0, 0.05) is 26.1 Å². The molecule has 1 unspecified atom stereocenters. The van der Waals surface area contributed by atoms with Gasteiger partial charge in [0.05, 0.1) is 12.7 Å². The molecule has 0 spiro atoms. The van der Waals surface area contributed by atoms with Gasteiger partial charge in [-0.05, 0) is 6.42 Å². The SMILES string of the molecule is CCCCCCCCC(=O)N1CCOC(CN)C1. The molecule has 4 nitrogen and oxygen atoms in total. The summed E-state index contributed by atoms with van der Waals surface area (Å²) in [6.45, 7) is 4.75. The zero-order chi connectivity index (χ0) is 13.2. The first kappa shape index (κ1) is 15.4. The van der Waals surface area contributed by atoms with Gasteiger partial charge >= 0.3 is 0 Å². The highest BCUT2D eigenvalue weighted by Crippen LogP contribution is 2.10. The van der Waals surface area contributed by atoms with E-state index in [2.05, 4.69) is 6.92 Å².